The maximum absolute atomic E-state index is 12.0. The summed E-state index contributed by atoms with van der Waals surface area (Å²) in [5.74, 6) is 0.397. The molecule has 2 fully saturated rings. The van der Waals surface area contributed by atoms with Crippen molar-refractivity contribution in [3.05, 3.63) is 0 Å². The van der Waals surface area contributed by atoms with Gasteiger partial charge < -0.3 is 10.6 Å². The van der Waals surface area contributed by atoms with Crippen LogP contribution in [0.15, 0.2) is 0 Å². The fraction of sp³-hybridized carbons (Fsp3) is 0.909. The predicted molar refractivity (Wildman–Crippen MR) is 55.7 cm³/mol. The molecule has 2 aliphatic carbocycles. The van der Waals surface area contributed by atoms with Gasteiger partial charge >= 0.3 is 0 Å². The van der Waals surface area contributed by atoms with E-state index in [-0.39, 0.29) is 12.0 Å². The van der Waals surface area contributed by atoms with Crippen LogP contribution in [0.4, 0.5) is 0 Å². The van der Waals surface area contributed by atoms with Crippen LogP contribution in [0.5, 0.6) is 0 Å². The van der Waals surface area contributed by atoms with Crippen LogP contribution < -0.4 is 5.73 Å². The molecule has 0 aromatic carbocycles. The molecule has 0 aromatic heterocycles. The molecule has 0 aliphatic heterocycles. The number of nitrogens with two attached hydrogens (primary N) is 1. The highest BCUT2D eigenvalue weighted by Crippen LogP contribution is 2.30. The van der Waals surface area contributed by atoms with Gasteiger partial charge in [-0.25, -0.2) is 0 Å². The van der Waals surface area contributed by atoms with Gasteiger partial charge in [-0.15, -0.1) is 0 Å². The van der Waals surface area contributed by atoms with Crippen molar-refractivity contribution in [1.29, 1.82) is 0 Å². The second-order valence-electron chi connectivity index (χ2n) is 4.74. The van der Waals surface area contributed by atoms with Crippen LogP contribution in [0.2, 0.25) is 0 Å². The van der Waals surface area contributed by atoms with Crippen molar-refractivity contribution >= 4 is 5.91 Å². The van der Waals surface area contributed by atoms with Crippen LogP contribution in [0.3, 0.4) is 0 Å². The summed E-state index contributed by atoms with van der Waals surface area (Å²) in [6.45, 7) is 0. The van der Waals surface area contributed by atoms with Crippen molar-refractivity contribution in [2.75, 3.05) is 7.05 Å². The van der Waals surface area contributed by atoms with E-state index < -0.39 is 0 Å². The first-order chi connectivity index (χ1) is 6.70. The molecule has 80 valence electrons. The average molecular weight is 196 g/mol. The fourth-order valence-corrected chi connectivity index (χ4v) is 2.37. The number of nitrogens with zero attached hydrogens (tertiary/aromatic N) is 1. The van der Waals surface area contributed by atoms with Crippen molar-refractivity contribution in [2.24, 2.45) is 11.7 Å². The van der Waals surface area contributed by atoms with Crippen LogP contribution in [0.1, 0.15) is 38.5 Å². The number of hydrogen-bond donors (Lipinski definition) is 1. The van der Waals surface area contributed by atoms with E-state index in [1.807, 2.05) is 11.9 Å². The standard InChI is InChI=1S/C11H20N2O/c1-13(8-6-7-8)11(14)9-4-2-3-5-10(9)12/h8-10H,2-7,12H2,1H3. The molecule has 0 radical (unpaired) electrons. The van der Waals surface area contributed by atoms with Crippen molar-refractivity contribution in [3.63, 3.8) is 0 Å². The first-order valence-electron chi connectivity index (χ1n) is 5.72. The van der Waals surface area contributed by atoms with Crippen LogP contribution in [0, 0.1) is 5.92 Å². The van der Waals surface area contributed by atoms with Gasteiger partial charge in [-0.3, -0.25) is 4.79 Å². The highest BCUT2D eigenvalue weighted by molar-refractivity contribution is 5.80. The van der Waals surface area contributed by atoms with Crippen molar-refractivity contribution in [1.82, 2.24) is 4.90 Å². The normalized spacial score (nSPS) is 32.7. The highest BCUT2D eigenvalue weighted by atomic mass is 16.2. The van der Waals surface area contributed by atoms with Gasteiger partial charge in [0.1, 0.15) is 0 Å². The summed E-state index contributed by atoms with van der Waals surface area (Å²) in [5, 5.41) is 0. The van der Waals surface area contributed by atoms with Crippen LogP contribution in [-0.2, 0) is 4.79 Å². The van der Waals surface area contributed by atoms with E-state index in [9.17, 15) is 4.79 Å². The van der Waals surface area contributed by atoms with Gasteiger partial charge in [0.05, 0.1) is 5.92 Å². The molecule has 0 bridgehead atoms. The Morgan fingerprint density at radius 3 is 2.43 bits per heavy atom. The second-order valence-corrected chi connectivity index (χ2v) is 4.74. The molecule has 2 aliphatic rings. The Bertz CT molecular complexity index is 225. The Labute approximate surface area is 85.6 Å². The van der Waals surface area contributed by atoms with Gasteiger partial charge in [-0.05, 0) is 25.7 Å². The SMILES string of the molecule is CN(C(=O)C1CCCCC1N)C1CC1. The van der Waals surface area contributed by atoms with E-state index in [1.54, 1.807) is 0 Å². The Morgan fingerprint density at radius 1 is 1.21 bits per heavy atom. The molecule has 2 unspecified atom stereocenters. The van der Waals surface area contributed by atoms with Crippen molar-refractivity contribution < 1.29 is 4.79 Å². The summed E-state index contributed by atoms with van der Waals surface area (Å²) in [4.78, 5) is 14.0. The Morgan fingerprint density at radius 2 is 1.86 bits per heavy atom. The molecule has 2 N–H and O–H groups in total. The molecular formula is C11H20N2O. The number of hydrogen-bond acceptors (Lipinski definition) is 2. The molecule has 2 atom stereocenters. The Hall–Kier alpha value is -0.570. The van der Waals surface area contributed by atoms with E-state index in [0.29, 0.717) is 11.9 Å². The maximum atomic E-state index is 12.0. The highest BCUT2D eigenvalue weighted by Gasteiger charge is 2.36. The lowest BCUT2D eigenvalue weighted by Crippen LogP contribution is -2.45. The third kappa shape index (κ3) is 1.92. The zero-order chi connectivity index (χ0) is 10.1. The molecule has 1 amide bonds. The van der Waals surface area contributed by atoms with Gasteiger partial charge in [0, 0.05) is 19.1 Å². The Kier molecular flexibility index (Phi) is 2.77. The predicted octanol–water partition coefficient (Wildman–Crippen LogP) is 1.12. The van der Waals surface area contributed by atoms with E-state index in [1.165, 1.54) is 25.7 Å². The number of carbonyl (C=O) groups is 1. The number of carbonyl (C=O) groups excluding carboxylic acids is 1. The van der Waals surface area contributed by atoms with Crippen molar-refractivity contribution in [2.45, 2.75) is 50.6 Å². The lowest BCUT2D eigenvalue weighted by molar-refractivity contribution is -0.136. The molecule has 0 aromatic rings. The van der Waals surface area contributed by atoms with Gasteiger partial charge in [-0.2, -0.15) is 0 Å². The molecule has 2 saturated carbocycles. The second kappa shape index (κ2) is 3.89. The van der Waals surface area contributed by atoms with Crippen LogP contribution >= 0.6 is 0 Å². The van der Waals surface area contributed by atoms with E-state index in [4.69, 9.17) is 5.73 Å². The van der Waals surface area contributed by atoms with Crippen molar-refractivity contribution in [3.8, 4) is 0 Å². The molecule has 0 saturated heterocycles. The molecule has 0 spiro atoms. The van der Waals surface area contributed by atoms with Gasteiger partial charge in [-0.1, -0.05) is 12.8 Å². The largest absolute Gasteiger partial charge is 0.342 e. The summed E-state index contributed by atoms with van der Waals surface area (Å²) in [6.07, 6.45) is 6.75. The average Bonchev–Trinajstić information content (AvgIpc) is 3.00. The summed E-state index contributed by atoms with van der Waals surface area (Å²) >= 11 is 0. The van der Waals surface area contributed by atoms with E-state index in [0.717, 1.165) is 12.8 Å². The number of rotatable bonds is 2. The minimum Gasteiger partial charge on any atom is -0.342 e. The molecule has 3 nitrogen and oxygen atoms in total. The molecule has 0 heterocycles. The van der Waals surface area contributed by atoms with E-state index >= 15 is 0 Å². The van der Waals surface area contributed by atoms with Crippen LogP contribution in [-0.4, -0.2) is 29.9 Å². The minimum absolute atomic E-state index is 0.106. The minimum atomic E-state index is 0.106. The quantitative estimate of drug-likeness (QED) is 0.719. The lowest BCUT2D eigenvalue weighted by atomic mass is 9.84. The van der Waals surface area contributed by atoms with Gasteiger partial charge in [0.15, 0.2) is 0 Å². The Balaban J connectivity index is 1.94. The maximum Gasteiger partial charge on any atom is 0.227 e. The molecular weight excluding hydrogens is 176 g/mol. The van der Waals surface area contributed by atoms with E-state index in [2.05, 4.69) is 0 Å². The topological polar surface area (TPSA) is 46.3 Å². The third-order valence-electron chi connectivity index (χ3n) is 3.58. The first kappa shape index (κ1) is 9.97. The van der Waals surface area contributed by atoms with Gasteiger partial charge in [0.25, 0.3) is 0 Å². The smallest absolute Gasteiger partial charge is 0.227 e. The number of amides is 1. The summed E-state index contributed by atoms with van der Waals surface area (Å²) in [6, 6.07) is 0.633. The third-order valence-corrected chi connectivity index (χ3v) is 3.58. The zero-order valence-electron chi connectivity index (χ0n) is 8.91. The lowest BCUT2D eigenvalue weighted by Gasteiger charge is -2.31. The molecule has 2 rings (SSSR count). The summed E-state index contributed by atoms with van der Waals surface area (Å²) < 4.78 is 0. The fourth-order valence-electron chi connectivity index (χ4n) is 2.37. The van der Waals surface area contributed by atoms with Crippen LogP contribution in [0.25, 0.3) is 0 Å². The molecule has 14 heavy (non-hydrogen) atoms. The summed E-state index contributed by atoms with van der Waals surface area (Å²) in [5.41, 5.74) is 5.99. The zero-order valence-corrected chi connectivity index (χ0v) is 8.91. The molecule has 3 heteroatoms. The summed E-state index contributed by atoms with van der Waals surface area (Å²) in [7, 11) is 1.93. The monoisotopic (exact) mass is 196 g/mol. The van der Waals surface area contributed by atoms with Gasteiger partial charge in [0.2, 0.25) is 5.91 Å². The first-order valence-corrected chi connectivity index (χ1v) is 5.72.